The Hall–Kier alpha value is -3.85. The Kier molecular flexibility index (Phi) is 5.39. The molecule has 4 aromatic rings. The minimum Gasteiger partial charge on any atom is -0.461 e. The van der Waals surface area contributed by atoms with E-state index >= 15 is 0 Å². The van der Waals surface area contributed by atoms with Crippen LogP contribution in [0.1, 0.15) is 10.6 Å². The third-order valence-corrected chi connectivity index (χ3v) is 3.94. The Balaban J connectivity index is 1.64. The molecule has 1 aromatic carbocycles. The quantitative estimate of drug-likeness (QED) is 0.457. The molecule has 0 aliphatic heterocycles. The first kappa shape index (κ1) is 18.5. The molecule has 0 saturated carbocycles. The molecule has 4 rings (SSSR count). The lowest BCUT2D eigenvalue weighted by Crippen LogP contribution is -2.11. The summed E-state index contributed by atoms with van der Waals surface area (Å²) in [7, 11) is 1.59. The second-order valence-electron chi connectivity index (χ2n) is 5.93. The maximum atomic E-state index is 12.2. The van der Waals surface area contributed by atoms with Gasteiger partial charge in [-0.1, -0.05) is 6.07 Å². The van der Waals surface area contributed by atoms with Crippen LogP contribution >= 0.6 is 0 Å². The number of anilines is 1. The van der Waals surface area contributed by atoms with E-state index in [-0.39, 0.29) is 17.7 Å². The molecule has 0 bridgehead atoms. The Morgan fingerprint density at radius 3 is 2.72 bits per heavy atom. The number of nitrogens with one attached hydrogen (secondary N) is 1. The van der Waals surface area contributed by atoms with Crippen molar-refractivity contribution < 1.29 is 23.1 Å². The Morgan fingerprint density at radius 2 is 1.97 bits per heavy atom. The highest BCUT2D eigenvalue weighted by Gasteiger charge is 2.17. The average Bonchev–Trinajstić information content (AvgIpc) is 3.49. The molecule has 148 valence electrons. The van der Waals surface area contributed by atoms with Crippen LogP contribution in [-0.4, -0.2) is 41.0 Å². The monoisotopic (exact) mass is 394 g/mol. The molecule has 0 fully saturated rings. The number of aromatic nitrogens is 3. The number of amides is 1. The number of ether oxygens (including phenoxy) is 2. The van der Waals surface area contributed by atoms with Crippen molar-refractivity contribution in [2.75, 3.05) is 25.6 Å². The van der Waals surface area contributed by atoms with Gasteiger partial charge in [-0.2, -0.15) is 4.98 Å². The fourth-order valence-electron chi connectivity index (χ4n) is 2.63. The fraction of sp³-hybridized carbons (Fsp3) is 0.150. The lowest BCUT2D eigenvalue weighted by Gasteiger charge is -2.07. The summed E-state index contributed by atoms with van der Waals surface area (Å²) in [5, 5.41) is 7.21. The number of hydrogen-bond donors (Lipinski definition) is 1. The number of methoxy groups -OCH3 is 1. The van der Waals surface area contributed by atoms with Crippen molar-refractivity contribution in [2.45, 2.75) is 0 Å². The standard InChI is InChI=1S/C20H18N4O5/c1-26-11-12-29-20-22-18(16-7-3-9-27-16)24(23-20)15-6-2-5-14(13-15)21-19(25)17-8-4-10-28-17/h2-10,13H,11-12H2,1H3,(H,21,25). The van der Waals surface area contributed by atoms with E-state index in [0.29, 0.717) is 36.2 Å². The Bertz CT molecular complexity index is 1070. The summed E-state index contributed by atoms with van der Waals surface area (Å²) in [5.74, 6) is 0.878. The Morgan fingerprint density at radius 1 is 1.10 bits per heavy atom. The van der Waals surface area contributed by atoms with Gasteiger partial charge in [0.25, 0.3) is 5.91 Å². The number of carbonyl (C=O) groups excluding carboxylic acids is 1. The van der Waals surface area contributed by atoms with Gasteiger partial charge in [-0.3, -0.25) is 4.79 Å². The molecule has 1 N–H and O–H groups in total. The van der Waals surface area contributed by atoms with Crippen molar-refractivity contribution >= 4 is 11.6 Å². The molecule has 29 heavy (non-hydrogen) atoms. The molecule has 1 amide bonds. The number of benzene rings is 1. The average molecular weight is 394 g/mol. The predicted octanol–water partition coefficient (Wildman–Crippen LogP) is 3.40. The lowest BCUT2D eigenvalue weighted by atomic mass is 10.2. The molecule has 0 aliphatic rings. The van der Waals surface area contributed by atoms with Gasteiger partial charge >= 0.3 is 6.01 Å². The zero-order chi connectivity index (χ0) is 20.1. The molecular weight excluding hydrogens is 376 g/mol. The van der Waals surface area contributed by atoms with E-state index in [4.69, 9.17) is 18.3 Å². The number of rotatable bonds is 8. The van der Waals surface area contributed by atoms with E-state index in [2.05, 4.69) is 15.4 Å². The first-order chi connectivity index (χ1) is 14.2. The van der Waals surface area contributed by atoms with E-state index in [1.165, 1.54) is 6.26 Å². The van der Waals surface area contributed by atoms with Crippen molar-refractivity contribution in [1.82, 2.24) is 14.8 Å². The van der Waals surface area contributed by atoms with Crippen LogP contribution in [0.4, 0.5) is 5.69 Å². The molecule has 0 aliphatic carbocycles. The summed E-state index contributed by atoms with van der Waals surface area (Å²) in [4.78, 5) is 16.7. The second kappa shape index (κ2) is 8.44. The van der Waals surface area contributed by atoms with Crippen LogP contribution in [0.25, 0.3) is 17.3 Å². The summed E-state index contributed by atoms with van der Waals surface area (Å²) in [6.45, 7) is 0.732. The van der Waals surface area contributed by atoms with Gasteiger partial charge in [0.1, 0.15) is 6.61 Å². The van der Waals surface area contributed by atoms with Gasteiger partial charge in [0.15, 0.2) is 11.5 Å². The fourth-order valence-corrected chi connectivity index (χ4v) is 2.63. The van der Waals surface area contributed by atoms with Gasteiger partial charge in [0, 0.05) is 12.8 Å². The molecule has 3 heterocycles. The van der Waals surface area contributed by atoms with Gasteiger partial charge in [-0.15, -0.1) is 5.10 Å². The molecule has 0 atom stereocenters. The molecule has 9 heteroatoms. The number of carbonyl (C=O) groups is 1. The van der Waals surface area contributed by atoms with Gasteiger partial charge in [-0.25, -0.2) is 4.68 Å². The maximum absolute atomic E-state index is 12.2. The molecule has 9 nitrogen and oxygen atoms in total. The van der Waals surface area contributed by atoms with Crippen LogP contribution in [0.15, 0.2) is 69.9 Å². The lowest BCUT2D eigenvalue weighted by molar-refractivity contribution is 0.0996. The molecule has 3 aromatic heterocycles. The molecular formula is C20H18N4O5. The third-order valence-electron chi connectivity index (χ3n) is 3.94. The highest BCUT2D eigenvalue weighted by molar-refractivity contribution is 6.02. The number of hydrogen-bond acceptors (Lipinski definition) is 7. The zero-order valence-electron chi connectivity index (χ0n) is 15.6. The minimum atomic E-state index is -0.347. The van der Waals surface area contributed by atoms with Gasteiger partial charge in [0.2, 0.25) is 5.82 Å². The van der Waals surface area contributed by atoms with Crippen molar-refractivity contribution in [1.29, 1.82) is 0 Å². The molecule has 0 spiro atoms. The zero-order valence-corrected chi connectivity index (χ0v) is 15.6. The van der Waals surface area contributed by atoms with E-state index in [1.807, 2.05) is 6.07 Å². The van der Waals surface area contributed by atoms with Crippen LogP contribution in [-0.2, 0) is 4.74 Å². The Labute approximate surface area is 165 Å². The van der Waals surface area contributed by atoms with E-state index in [0.717, 1.165) is 0 Å². The normalized spacial score (nSPS) is 10.8. The van der Waals surface area contributed by atoms with Crippen molar-refractivity contribution in [3.63, 3.8) is 0 Å². The highest BCUT2D eigenvalue weighted by atomic mass is 16.5. The molecule has 0 radical (unpaired) electrons. The van der Waals surface area contributed by atoms with Crippen LogP contribution in [0, 0.1) is 0 Å². The van der Waals surface area contributed by atoms with Crippen molar-refractivity contribution in [2.24, 2.45) is 0 Å². The highest BCUT2D eigenvalue weighted by Crippen LogP contribution is 2.25. The van der Waals surface area contributed by atoms with Crippen LogP contribution in [0.5, 0.6) is 6.01 Å². The van der Waals surface area contributed by atoms with Crippen LogP contribution < -0.4 is 10.1 Å². The summed E-state index contributed by atoms with van der Waals surface area (Å²) in [5.41, 5.74) is 1.24. The summed E-state index contributed by atoms with van der Waals surface area (Å²) < 4.78 is 22.7. The SMILES string of the molecule is COCCOc1nc(-c2ccco2)n(-c2cccc(NC(=O)c3ccco3)c2)n1. The number of nitrogens with zero attached hydrogens (tertiary/aromatic N) is 3. The third kappa shape index (κ3) is 4.19. The second-order valence-corrected chi connectivity index (χ2v) is 5.93. The molecule has 0 unspecified atom stereocenters. The van der Waals surface area contributed by atoms with Gasteiger partial charge in [-0.05, 0) is 42.5 Å². The van der Waals surface area contributed by atoms with Crippen LogP contribution in [0.3, 0.4) is 0 Å². The smallest absolute Gasteiger partial charge is 0.336 e. The van der Waals surface area contributed by atoms with E-state index in [1.54, 1.807) is 60.5 Å². The number of furan rings is 2. The van der Waals surface area contributed by atoms with Gasteiger partial charge in [0.05, 0.1) is 24.8 Å². The van der Waals surface area contributed by atoms with Crippen molar-refractivity contribution in [3.8, 4) is 23.3 Å². The topological polar surface area (TPSA) is 105 Å². The maximum Gasteiger partial charge on any atom is 0.336 e. The minimum absolute atomic E-state index is 0.193. The summed E-state index contributed by atoms with van der Waals surface area (Å²) in [6, 6.07) is 14.1. The van der Waals surface area contributed by atoms with Gasteiger partial charge < -0.3 is 23.6 Å². The largest absolute Gasteiger partial charge is 0.461 e. The first-order valence-electron chi connectivity index (χ1n) is 8.82. The molecule has 0 saturated heterocycles. The predicted molar refractivity (Wildman–Crippen MR) is 103 cm³/mol. The summed E-state index contributed by atoms with van der Waals surface area (Å²) in [6.07, 6.45) is 3.00. The van der Waals surface area contributed by atoms with Crippen molar-refractivity contribution in [3.05, 3.63) is 66.8 Å². The van der Waals surface area contributed by atoms with E-state index < -0.39 is 0 Å². The van der Waals surface area contributed by atoms with Crippen LogP contribution in [0.2, 0.25) is 0 Å². The van der Waals surface area contributed by atoms with E-state index in [9.17, 15) is 4.79 Å². The summed E-state index contributed by atoms with van der Waals surface area (Å²) >= 11 is 0. The first-order valence-corrected chi connectivity index (χ1v) is 8.82.